The summed E-state index contributed by atoms with van der Waals surface area (Å²) in [4.78, 5) is 1.13. The van der Waals surface area contributed by atoms with E-state index in [4.69, 9.17) is 22.1 Å². The van der Waals surface area contributed by atoms with Gasteiger partial charge in [-0.25, -0.2) is 0 Å². The Bertz CT molecular complexity index is 359. The molecule has 0 spiro atoms. The van der Waals surface area contributed by atoms with E-state index in [-0.39, 0.29) is 17.6 Å². The highest BCUT2D eigenvalue weighted by Crippen LogP contribution is 2.32. The van der Waals surface area contributed by atoms with Crippen LogP contribution in [0.25, 0.3) is 0 Å². The van der Waals surface area contributed by atoms with Crippen molar-refractivity contribution in [2.75, 3.05) is 6.61 Å². The topological polar surface area (TPSA) is 35.2 Å². The highest BCUT2D eigenvalue weighted by Gasteiger charge is 2.22. The van der Waals surface area contributed by atoms with E-state index in [2.05, 4.69) is 27.7 Å². The lowest BCUT2D eigenvalue weighted by Crippen LogP contribution is -2.29. The van der Waals surface area contributed by atoms with Gasteiger partial charge in [0.05, 0.1) is 4.34 Å². The first-order valence-electron chi connectivity index (χ1n) is 6.46. The highest BCUT2D eigenvalue weighted by atomic mass is 35.5. The third-order valence-corrected chi connectivity index (χ3v) is 4.18. The summed E-state index contributed by atoms with van der Waals surface area (Å²) in [5.74, 6) is 0. The van der Waals surface area contributed by atoms with Crippen LogP contribution in [0.3, 0.4) is 0 Å². The van der Waals surface area contributed by atoms with Crippen molar-refractivity contribution in [1.29, 1.82) is 0 Å². The van der Waals surface area contributed by atoms with Crippen molar-refractivity contribution in [3.63, 3.8) is 0 Å². The zero-order valence-electron chi connectivity index (χ0n) is 11.7. The highest BCUT2D eigenvalue weighted by molar-refractivity contribution is 7.16. The van der Waals surface area contributed by atoms with Gasteiger partial charge in [-0.1, -0.05) is 39.3 Å². The summed E-state index contributed by atoms with van der Waals surface area (Å²) in [7, 11) is 0. The normalized spacial score (nSPS) is 15.7. The van der Waals surface area contributed by atoms with Crippen molar-refractivity contribution in [3.05, 3.63) is 21.3 Å². The molecule has 0 aliphatic rings. The summed E-state index contributed by atoms with van der Waals surface area (Å²) in [5, 5.41) is 0. The first kappa shape index (κ1) is 16.0. The van der Waals surface area contributed by atoms with Crippen LogP contribution < -0.4 is 5.73 Å². The van der Waals surface area contributed by atoms with E-state index in [9.17, 15) is 0 Å². The number of thiophene rings is 1. The van der Waals surface area contributed by atoms with Crippen LogP contribution in [0.2, 0.25) is 4.34 Å². The molecule has 1 heterocycles. The van der Waals surface area contributed by atoms with Crippen LogP contribution >= 0.6 is 22.9 Å². The van der Waals surface area contributed by atoms with Crippen molar-refractivity contribution < 1.29 is 4.74 Å². The average Bonchev–Trinajstić information content (AvgIpc) is 2.68. The quantitative estimate of drug-likeness (QED) is 0.828. The third kappa shape index (κ3) is 5.27. The number of nitrogens with two attached hydrogens (primary N) is 1. The van der Waals surface area contributed by atoms with Crippen LogP contribution in [-0.2, 0) is 4.74 Å². The molecule has 0 aliphatic carbocycles. The Labute approximate surface area is 119 Å². The van der Waals surface area contributed by atoms with Crippen LogP contribution in [0.15, 0.2) is 12.1 Å². The van der Waals surface area contributed by atoms with Gasteiger partial charge >= 0.3 is 0 Å². The minimum Gasteiger partial charge on any atom is -0.371 e. The van der Waals surface area contributed by atoms with Gasteiger partial charge in [0.2, 0.25) is 0 Å². The fourth-order valence-electron chi connectivity index (χ4n) is 1.60. The number of hydrogen-bond acceptors (Lipinski definition) is 3. The summed E-state index contributed by atoms with van der Waals surface area (Å²) >= 11 is 7.54. The molecule has 0 bridgehead atoms. The maximum absolute atomic E-state index is 6.15. The second kappa shape index (κ2) is 6.90. The molecule has 2 nitrogen and oxygen atoms in total. The van der Waals surface area contributed by atoms with E-state index < -0.39 is 0 Å². The fourth-order valence-corrected chi connectivity index (χ4v) is 2.79. The van der Waals surface area contributed by atoms with Gasteiger partial charge in [-0.3, -0.25) is 0 Å². The van der Waals surface area contributed by atoms with Gasteiger partial charge in [-0.15, -0.1) is 11.3 Å². The lowest BCUT2D eigenvalue weighted by molar-refractivity contribution is 0.0221. The molecule has 0 aliphatic heterocycles. The van der Waals surface area contributed by atoms with Gasteiger partial charge in [0, 0.05) is 17.5 Å². The minimum absolute atomic E-state index is 0.0275. The monoisotopic (exact) mass is 289 g/mol. The maximum Gasteiger partial charge on any atom is 0.107 e. The number of rotatable bonds is 6. The molecule has 1 aromatic rings. The molecular weight excluding hydrogens is 266 g/mol. The minimum atomic E-state index is -0.0325. The van der Waals surface area contributed by atoms with Gasteiger partial charge in [0.25, 0.3) is 0 Å². The predicted molar refractivity (Wildman–Crippen MR) is 80.4 cm³/mol. The van der Waals surface area contributed by atoms with Gasteiger partial charge in [-0.2, -0.15) is 0 Å². The van der Waals surface area contributed by atoms with Crippen LogP contribution in [0, 0.1) is 5.41 Å². The third-order valence-electron chi connectivity index (χ3n) is 2.88. The second-order valence-corrected chi connectivity index (χ2v) is 7.56. The summed E-state index contributed by atoms with van der Waals surface area (Å²) in [6, 6.07) is 3.95. The van der Waals surface area contributed by atoms with Crippen molar-refractivity contribution in [2.45, 2.75) is 52.7 Å². The molecule has 0 saturated carbocycles. The maximum atomic E-state index is 6.15. The van der Waals surface area contributed by atoms with E-state index >= 15 is 0 Å². The van der Waals surface area contributed by atoms with Gasteiger partial charge in [-0.05, 0) is 30.4 Å². The molecule has 18 heavy (non-hydrogen) atoms. The Balaban J connectivity index is 2.62. The van der Waals surface area contributed by atoms with Crippen molar-refractivity contribution in [2.24, 2.45) is 11.1 Å². The van der Waals surface area contributed by atoms with Crippen LogP contribution in [0.5, 0.6) is 0 Å². The Morgan fingerprint density at radius 2 is 2.06 bits per heavy atom. The number of ether oxygens (including phenoxy) is 1. The van der Waals surface area contributed by atoms with Crippen LogP contribution in [0.1, 0.15) is 51.5 Å². The molecule has 2 N–H and O–H groups in total. The molecule has 0 saturated heterocycles. The molecule has 0 amide bonds. The Kier molecular flexibility index (Phi) is 6.12. The molecule has 0 aromatic carbocycles. The second-order valence-electron chi connectivity index (χ2n) is 5.82. The molecule has 1 aromatic heterocycles. The fraction of sp³-hybridized carbons (Fsp3) is 0.714. The van der Waals surface area contributed by atoms with Gasteiger partial charge < -0.3 is 10.5 Å². The van der Waals surface area contributed by atoms with E-state index in [1.807, 2.05) is 12.1 Å². The molecule has 2 atom stereocenters. The first-order chi connectivity index (χ1) is 8.33. The predicted octanol–water partition coefficient (Wildman–Crippen LogP) is 4.63. The van der Waals surface area contributed by atoms with Crippen molar-refractivity contribution in [3.8, 4) is 0 Å². The zero-order valence-corrected chi connectivity index (χ0v) is 13.3. The molecule has 104 valence electrons. The lowest BCUT2D eigenvalue weighted by Gasteiger charge is -2.25. The van der Waals surface area contributed by atoms with Crippen LogP contribution in [-0.4, -0.2) is 12.6 Å². The Hall–Kier alpha value is -0.0900. The largest absolute Gasteiger partial charge is 0.371 e. The number of hydrogen-bond donors (Lipinski definition) is 1. The van der Waals surface area contributed by atoms with E-state index in [1.165, 1.54) is 0 Å². The first-order valence-corrected chi connectivity index (χ1v) is 7.65. The van der Waals surface area contributed by atoms with E-state index in [0.717, 1.165) is 28.7 Å². The molecular formula is C14H24ClNOS. The number of halogens is 1. The zero-order chi connectivity index (χ0) is 13.8. The SMILES string of the molecule is CCC(N)C(OCCC(C)(C)C)c1ccc(Cl)s1. The average molecular weight is 290 g/mol. The van der Waals surface area contributed by atoms with Crippen LogP contribution in [0.4, 0.5) is 0 Å². The summed E-state index contributed by atoms with van der Waals surface area (Å²) < 4.78 is 6.79. The van der Waals surface area contributed by atoms with E-state index in [1.54, 1.807) is 11.3 Å². The van der Waals surface area contributed by atoms with E-state index in [0.29, 0.717) is 0 Å². The molecule has 4 heteroatoms. The Morgan fingerprint density at radius 1 is 1.39 bits per heavy atom. The summed E-state index contributed by atoms with van der Waals surface area (Å²) in [6.45, 7) is 9.46. The van der Waals surface area contributed by atoms with Gasteiger partial charge in [0.15, 0.2) is 0 Å². The Morgan fingerprint density at radius 3 is 2.50 bits per heavy atom. The van der Waals surface area contributed by atoms with Gasteiger partial charge in [0.1, 0.15) is 6.10 Å². The molecule has 1 rings (SSSR count). The summed E-state index contributed by atoms with van der Waals surface area (Å²) in [6.07, 6.45) is 1.89. The standard InChI is InChI=1S/C14H24ClNOS/c1-5-10(16)13(11-6-7-12(15)18-11)17-9-8-14(2,3)4/h6-7,10,13H,5,8-9,16H2,1-4H3. The van der Waals surface area contributed by atoms with Crippen molar-refractivity contribution >= 4 is 22.9 Å². The smallest absolute Gasteiger partial charge is 0.107 e. The molecule has 0 fully saturated rings. The molecule has 2 unspecified atom stereocenters. The lowest BCUT2D eigenvalue weighted by atomic mass is 9.93. The summed E-state index contributed by atoms with van der Waals surface area (Å²) in [5.41, 5.74) is 6.43. The van der Waals surface area contributed by atoms with Crippen molar-refractivity contribution in [1.82, 2.24) is 0 Å². The molecule has 0 radical (unpaired) electrons.